The van der Waals surface area contributed by atoms with Gasteiger partial charge in [-0.25, -0.2) is 4.39 Å². The predicted molar refractivity (Wildman–Crippen MR) is 93.5 cm³/mol. The summed E-state index contributed by atoms with van der Waals surface area (Å²) in [5.41, 5.74) is 1.01. The summed E-state index contributed by atoms with van der Waals surface area (Å²) >= 11 is 0. The van der Waals surface area contributed by atoms with Crippen molar-refractivity contribution in [3.63, 3.8) is 0 Å². The Balaban J connectivity index is 0.00000102. The van der Waals surface area contributed by atoms with Crippen molar-refractivity contribution in [2.75, 3.05) is 18.0 Å². The standard InChI is InChI=1S/C15H19FN2.2C2H6/c1-10(2)14-9-18(8-11(14)3)13-5-4-12(7-17)15(16)6-13;2*1-2/h4-6,10-11,14H,8-9H2,1-3H3;2*1-2H3. The molecule has 1 aromatic rings. The van der Waals surface area contributed by atoms with Gasteiger partial charge in [-0.1, -0.05) is 48.5 Å². The third-order valence-electron chi connectivity index (χ3n) is 3.97. The topological polar surface area (TPSA) is 27.0 Å². The second-order valence-corrected chi connectivity index (χ2v) is 5.57. The molecule has 0 N–H and O–H groups in total. The molecule has 124 valence electrons. The number of rotatable bonds is 2. The zero-order chi connectivity index (χ0) is 17.3. The van der Waals surface area contributed by atoms with E-state index < -0.39 is 5.82 Å². The summed E-state index contributed by atoms with van der Waals surface area (Å²) in [4.78, 5) is 2.22. The summed E-state index contributed by atoms with van der Waals surface area (Å²) in [7, 11) is 0. The fraction of sp³-hybridized carbons (Fsp3) is 0.632. The van der Waals surface area contributed by atoms with Crippen LogP contribution in [0.15, 0.2) is 18.2 Å². The number of benzene rings is 1. The van der Waals surface area contributed by atoms with E-state index in [2.05, 4.69) is 25.7 Å². The lowest BCUT2D eigenvalue weighted by Crippen LogP contribution is -2.21. The van der Waals surface area contributed by atoms with Gasteiger partial charge in [0.25, 0.3) is 0 Å². The van der Waals surface area contributed by atoms with Gasteiger partial charge in [0.15, 0.2) is 0 Å². The van der Waals surface area contributed by atoms with E-state index in [1.807, 2.05) is 39.8 Å². The second-order valence-electron chi connectivity index (χ2n) is 5.57. The molecule has 1 aliphatic heterocycles. The lowest BCUT2D eigenvalue weighted by Gasteiger charge is -2.20. The van der Waals surface area contributed by atoms with Crippen LogP contribution in [0.5, 0.6) is 0 Å². The molecule has 1 fully saturated rings. The molecule has 0 spiro atoms. The van der Waals surface area contributed by atoms with Crippen molar-refractivity contribution in [3.05, 3.63) is 29.6 Å². The Hall–Kier alpha value is -1.56. The van der Waals surface area contributed by atoms with Crippen LogP contribution in [0.25, 0.3) is 0 Å². The Bertz CT molecular complexity index is 477. The van der Waals surface area contributed by atoms with E-state index in [4.69, 9.17) is 5.26 Å². The molecule has 2 rings (SSSR count). The zero-order valence-corrected chi connectivity index (χ0v) is 15.2. The minimum atomic E-state index is -0.421. The molecule has 1 aromatic carbocycles. The summed E-state index contributed by atoms with van der Waals surface area (Å²) in [6.07, 6.45) is 0. The number of nitriles is 1. The summed E-state index contributed by atoms with van der Waals surface area (Å²) in [6, 6.07) is 6.75. The summed E-state index contributed by atoms with van der Waals surface area (Å²) in [5.74, 6) is 1.51. The van der Waals surface area contributed by atoms with Crippen molar-refractivity contribution in [1.29, 1.82) is 5.26 Å². The first-order valence-electron chi connectivity index (χ1n) is 8.47. The van der Waals surface area contributed by atoms with Gasteiger partial charge in [-0.05, 0) is 36.0 Å². The predicted octanol–water partition coefficient (Wildman–Crippen LogP) is 5.48. The summed E-state index contributed by atoms with van der Waals surface area (Å²) in [6.45, 7) is 16.7. The molecule has 1 saturated heterocycles. The van der Waals surface area contributed by atoms with Crippen molar-refractivity contribution in [1.82, 2.24) is 0 Å². The second kappa shape index (κ2) is 10.2. The fourth-order valence-corrected chi connectivity index (χ4v) is 2.86. The SMILES string of the molecule is CC.CC.CC(C)C1CN(c2ccc(C#N)c(F)c2)CC1C. The highest BCUT2D eigenvalue weighted by molar-refractivity contribution is 5.51. The molecule has 22 heavy (non-hydrogen) atoms. The van der Waals surface area contributed by atoms with Crippen molar-refractivity contribution in [2.45, 2.75) is 48.5 Å². The van der Waals surface area contributed by atoms with Crippen molar-refractivity contribution >= 4 is 5.69 Å². The number of hydrogen-bond donors (Lipinski definition) is 0. The van der Waals surface area contributed by atoms with Gasteiger partial charge in [-0.15, -0.1) is 0 Å². The highest BCUT2D eigenvalue weighted by Gasteiger charge is 2.31. The third kappa shape index (κ3) is 5.02. The van der Waals surface area contributed by atoms with Crippen LogP contribution in [0, 0.1) is 34.9 Å². The Morgan fingerprint density at radius 3 is 2.18 bits per heavy atom. The Morgan fingerprint density at radius 1 is 1.18 bits per heavy atom. The maximum absolute atomic E-state index is 13.6. The summed E-state index contributed by atoms with van der Waals surface area (Å²) < 4.78 is 13.6. The highest BCUT2D eigenvalue weighted by Crippen LogP contribution is 2.33. The van der Waals surface area contributed by atoms with Gasteiger partial charge >= 0.3 is 0 Å². The van der Waals surface area contributed by atoms with Crippen LogP contribution < -0.4 is 4.90 Å². The molecule has 1 aliphatic rings. The van der Waals surface area contributed by atoms with Crippen molar-refractivity contribution in [3.8, 4) is 6.07 Å². The smallest absolute Gasteiger partial charge is 0.143 e. The molecular weight excluding hydrogens is 275 g/mol. The van der Waals surface area contributed by atoms with E-state index in [0.29, 0.717) is 17.8 Å². The van der Waals surface area contributed by atoms with Gasteiger partial charge in [-0.3, -0.25) is 0 Å². The van der Waals surface area contributed by atoms with E-state index >= 15 is 0 Å². The van der Waals surface area contributed by atoms with Gasteiger partial charge in [0.05, 0.1) is 5.56 Å². The van der Waals surface area contributed by atoms with Crippen LogP contribution in [-0.4, -0.2) is 13.1 Å². The lowest BCUT2D eigenvalue weighted by molar-refractivity contribution is 0.340. The Labute approximate surface area is 135 Å². The Kier molecular flexibility index (Phi) is 9.49. The molecular formula is C19H31FN2. The molecule has 0 bridgehead atoms. The largest absolute Gasteiger partial charge is 0.371 e. The number of hydrogen-bond acceptors (Lipinski definition) is 2. The fourth-order valence-electron chi connectivity index (χ4n) is 2.86. The van der Waals surface area contributed by atoms with E-state index in [1.54, 1.807) is 6.07 Å². The van der Waals surface area contributed by atoms with E-state index in [-0.39, 0.29) is 5.56 Å². The zero-order valence-electron chi connectivity index (χ0n) is 15.2. The molecule has 2 atom stereocenters. The van der Waals surface area contributed by atoms with Crippen LogP contribution in [-0.2, 0) is 0 Å². The van der Waals surface area contributed by atoms with E-state index in [1.165, 1.54) is 6.07 Å². The number of halogens is 1. The number of anilines is 1. The van der Waals surface area contributed by atoms with Crippen LogP contribution in [0.2, 0.25) is 0 Å². The molecule has 0 saturated carbocycles. The molecule has 0 amide bonds. The average Bonchev–Trinajstić information content (AvgIpc) is 2.93. The van der Waals surface area contributed by atoms with Crippen LogP contribution in [0.3, 0.4) is 0 Å². The van der Waals surface area contributed by atoms with E-state index in [0.717, 1.165) is 18.8 Å². The molecule has 0 aliphatic carbocycles. The monoisotopic (exact) mass is 306 g/mol. The molecule has 2 unspecified atom stereocenters. The highest BCUT2D eigenvalue weighted by atomic mass is 19.1. The molecule has 0 radical (unpaired) electrons. The van der Waals surface area contributed by atoms with Crippen LogP contribution in [0.1, 0.15) is 54.0 Å². The maximum Gasteiger partial charge on any atom is 0.143 e. The molecule has 0 aromatic heterocycles. The first kappa shape index (κ1) is 20.4. The van der Waals surface area contributed by atoms with Gasteiger partial charge in [-0.2, -0.15) is 5.26 Å². The minimum Gasteiger partial charge on any atom is -0.371 e. The van der Waals surface area contributed by atoms with Crippen molar-refractivity contribution < 1.29 is 4.39 Å². The van der Waals surface area contributed by atoms with Crippen LogP contribution >= 0.6 is 0 Å². The molecule has 3 heteroatoms. The molecule has 2 nitrogen and oxygen atoms in total. The van der Waals surface area contributed by atoms with Gasteiger partial charge in [0.1, 0.15) is 11.9 Å². The minimum absolute atomic E-state index is 0.117. The lowest BCUT2D eigenvalue weighted by atomic mass is 9.88. The maximum atomic E-state index is 13.6. The van der Waals surface area contributed by atoms with Gasteiger partial charge < -0.3 is 4.90 Å². The molecule has 1 heterocycles. The van der Waals surface area contributed by atoms with Crippen LogP contribution in [0.4, 0.5) is 10.1 Å². The van der Waals surface area contributed by atoms with Gasteiger partial charge in [0.2, 0.25) is 0 Å². The summed E-state index contributed by atoms with van der Waals surface area (Å²) in [5, 5.41) is 8.73. The van der Waals surface area contributed by atoms with E-state index in [9.17, 15) is 4.39 Å². The first-order valence-corrected chi connectivity index (χ1v) is 8.47. The van der Waals surface area contributed by atoms with Crippen molar-refractivity contribution in [2.24, 2.45) is 17.8 Å². The Morgan fingerprint density at radius 2 is 1.77 bits per heavy atom. The normalized spacial score (nSPS) is 19.7. The van der Waals surface area contributed by atoms with Gasteiger partial charge in [0, 0.05) is 18.8 Å². The quantitative estimate of drug-likeness (QED) is 0.723. The number of nitrogens with zero attached hydrogens (tertiary/aromatic N) is 2. The average molecular weight is 306 g/mol. The first-order chi connectivity index (χ1) is 10.5. The third-order valence-corrected chi connectivity index (χ3v) is 3.97.